The van der Waals surface area contributed by atoms with E-state index in [4.69, 9.17) is 4.74 Å². The summed E-state index contributed by atoms with van der Waals surface area (Å²) in [5, 5.41) is 6.74. The van der Waals surface area contributed by atoms with E-state index in [9.17, 15) is 8.42 Å². The van der Waals surface area contributed by atoms with Crippen LogP contribution >= 0.6 is 0 Å². The van der Waals surface area contributed by atoms with Crippen molar-refractivity contribution in [3.05, 3.63) is 29.8 Å². The van der Waals surface area contributed by atoms with Crippen molar-refractivity contribution in [3.8, 4) is 0 Å². The fraction of sp³-hybridized carbons (Fsp3) is 0.684. The molecule has 9 heteroatoms. The Hall–Kier alpha value is -1.71. The first-order chi connectivity index (χ1) is 13.5. The Bertz CT molecular complexity index is 826. The fourth-order valence-corrected chi connectivity index (χ4v) is 5.76. The van der Waals surface area contributed by atoms with Gasteiger partial charge in [0.2, 0.25) is 15.0 Å². The molecule has 0 atom stereocenters. The molecule has 28 heavy (non-hydrogen) atoms. The molecule has 2 heterocycles. The van der Waals surface area contributed by atoms with Crippen LogP contribution in [0.2, 0.25) is 0 Å². The molecule has 3 rings (SSSR count). The van der Waals surface area contributed by atoms with Gasteiger partial charge in [-0.15, -0.1) is 0 Å². The third-order valence-electron chi connectivity index (χ3n) is 5.40. The molecule has 1 fully saturated rings. The van der Waals surface area contributed by atoms with E-state index in [-0.39, 0.29) is 10.4 Å². The number of ether oxygens (including phenoxy) is 1. The Labute approximate surface area is 167 Å². The van der Waals surface area contributed by atoms with Crippen molar-refractivity contribution in [2.24, 2.45) is 0 Å². The maximum Gasteiger partial charge on any atom is 0.228 e. The third kappa shape index (κ3) is 5.01. The molecule has 0 spiro atoms. The molecule has 156 valence electrons. The zero-order valence-electron chi connectivity index (χ0n) is 16.8. The molecule has 1 N–H and O–H groups in total. The average Bonchev–Trinajstić information content (AvgIpc) is 3.43. The minimum atomic E-state index is -3.39. The average molecular weight is 410 g/mol. The van der Waals surface area contributed by atoms with Gasteiger partial charge in [-0.1, -0.05) is 12.8 Å². The number of nitrogens with zero attached hydrogens (tertiary/aromatic N) is 4. The second kappa shape index (κ2) is 9.67. The predicted molar refractivity (Wildman–Crippen MR) is 107 cm³/mol. The molecule has 0 aliphatic heterocycles. The van der Waals surface area contributed by atoms with E-state index in [1.165, 1.54) is 0 Å². The zero-order valence-corrected chi connectivity index (χ0v) is 17.6. The van der Waals surface area contributed by atoms with Crippen LogP contribution in [0.3, 0.4) is 0 Å². The predicted octanol–water partition coefficient (Wildman–Crippen LogP) is 2.03. The van der Waals surface area contributed by atoms with Crippen molar-refractivity contribution in [2.45, 2.75) is 62.0 Å². The normalized spacial score (nSPS) is 15.7. The Morgan fingerprint density at radius 2 is 2.11 bits per heavy atom. The smallest absolute Gasteiger partial charge is 0.228 e. The SMILES string of the molecule is COCCCn1c(CN(C)CCc2cn[nH]c2)cnc1S(=O)(=O)C1CCCC1. The quantitative estimate of drug-likeness (QED) is 0.571. The van der Waals surface area contributed by atoms with Crippen molar-refractivity contribution in [1.29, 1.82) is 0 Å². The molecular formula is C19H31N5O3S. The molecule has 0 aromatic carbocycles. The summed E-state index contributed by atoms with van der Waals surface area (Å²) < 4.78 is 33.3. The molecule has 0 bridgehead atoms. The van der Waals surface area contributed by atoms with Crippen LogP contribution in [0.1, 0.15) is 43.4 Å². The lowest BCUT2D eigenvalue weighted by Crippen LogP contribution is -2.25. The second-order valence-electron chi connectivity index (χ2n) is 7.58. The van der Waals surface area contributed by atoms with Crippen molar-refractivity contribution >= 4 is 9.84 Å². The zero-order chi connectivity index (χ0) is 20.0. The topological polar surface area (TPSA) is 93.1 Å². The standard InChI is InChI=1S/C19H31N5O3S/c1-23(10-8-16-12-21-22-13-16)15-17-14-20-19(24(17)9-5-11-27-2)28(25,26)18-6-3-4-7-18/h12-14,18H,3-11,15H2,1-2H3,(H,21,22). The summed E-state index contributed by atoms with van der Waals surface area (Å²) >= 11 is 0. The number of aromatic nitrogens is 4. The Morgan fingerprint density at radius 3 is 2.79 bits per heavy atom. The maximum atomic E-state index is 13.1. The number of aromatic amines is 1. The molecule has 1 aliphatic rings. The van der Waals surface area contributed by atoms with Gasteiger partial charge >= 0.3 is 0 Å². The number of nitrogens with one attached hydrogen (secondary N) is 1. The summed E-state index contributed by atoms with van der Waals surface area (Å²) in [5.74, 6) is 0. The van der Waals surface area contributed by atoms with Crippen molar-refractivity contribution in [1.82, 2.24) is 24.6 Å². The number of hydrogen-bond acceptors (Lipinski definition) is 6. The van der Waals surface area contributed by atoms with Gasteiger partial charge in [-0.25, -0.2) is 13.4 Å². The Morgan fingerprint density at radius 1 is 1.32 bits per heavy atom. The first-order valence-electron chi connectivity index (χ1n) is 9.96. The molecule has 0 amide bonds. The van der Waals surface area contributed by atoms with Crippen LogP contribution in [0.4, 0.5) is 0 Å². The van der Waals surface area contributed by atoms with Crippen LogP contribution in [-0.2, 0) is 34.1 Å². The highest BCUT2D eigenvalue weighted by Crippen LogP contribution is 2.29. The lowest BCUT2D eigenvalue weighted by atomic mass is 10.2. The van der Waals surface area contributed by atoms with Gasteiger partial charge in [0.05, 0.1) is 23.3 Å². The number of H-pyrrole nitrogens is 1. The highest BCUT2D eigenvalue weighted by Gasteiger charge is 2.34. The molecule has 0 saturated heterocycles. The van der Waals surface area contributed by atoms with E-state index in [2.05, 4.69) is 20.1 Å². The number of imidazole rings is 1. The lowest BCUT2D eigenvalue weighted by Gasteiger charge is -2.19. The first-order valence-corrected chi connectivity index (χ1v) is 11.5. The maximum absolute atomic E-state index is 13.1. The van der Waals surface area contributed by atoms with E-state index >= 15 is 0 Å². The van der Waals surface area contributed by atoms with Crippen LogP contribution < -0.4 is 0 Å². The van der Waals surface area contributed by atoms with Gasteiger partial charge in [0.25, 0.3) is 0 Å². The summed E-state index contributed by atoms with van der Waals surface area (Å²) in [7, 11) is 0.312. The molecule has 1 aliphatic carbocycles. The number of methoxy groups -OCH3 is 1. The number of hydrogen-bond donors (Lipinski definition) is 1. The minimum absolute atomic E-state index is 0.230. The van der Waals surface area contributed by atoms with Crippen LogP contribution in [-0.4, -0.2) is 65.6 Å². The summed E-state index contributed by atoms with van der Waals surface area (Å²) in [5.41, 5.74) is 2.09. The summed E-state index contributed by atoms with van der Waals surface area (Å²) in [6.45, 7) is 2.70. The Kier molecular flexibility index (Phi) is 7.25. The molecule has 1 saturated carbocycles. The largest absolute Gasteiger partial charge is 0.385 e. The molecular weight excluding hydrogens is 378 g/mol. The minimum Gasteiger partial charge on any atom is -0.385 e. The molecule has 8 nitrogen and oxygen atoms in total. The van der Waals surface area contributed by atoms with Gasteiger partial charge in [-0.05, 0) is 38.3 Å². The van der Waals surface area contributed by atoms with Crippen molar-refractivity contribution < 1.29 is 13.2 Å². The van der Waals surface area contributed by atoms with Crippen LogP contribution in [0.15, 0.2) is 23.7 Å². The number of sulfone groups is 1. The van der Waals surface area contributed by atoms with Crippen molar-refractivity contribution in [3.63, 3.8) is 0 Å². The van der Waals surface area contributed by atoms with E-state index in [1.807, 2.05) is 24.0 Å². The monoisotopic (exact) mass is 409 g/mol. The van der Waals surface area contributed by atoms with E-state index in [0.717, 1.165) is 56.3 Å². The van der Waals surface area contributed by atoms with Crippen LogP contribution in [0.5, 0.6) is 0 Å². The van der Waals surface area contributed by atoms with E-state index in [1.54, 1.807) is 13.3 Å². The van der Waals surface area contributed by atoms with Crippen LogP contribution in [0.25, 0.3) is 0 Å². The summed E-state index contributed by atoms with van der Waals surface area (Å²) in [4.78, 5) is 6.55. The number of rotatable bonds is 11. The van der Waals surface area contributed by atoms with Gasteiger partial charge < -0.3 is 14.2 Å². The van der Waals surface area contributed by atoms with Crippen LogP contribution in [0, 0.1) is 0 Å². The van der Waals surface area contributed by atoms with Gasteiger partial charge in [0.15, 0.2) is 0 Å². The van der Waals surface area contributed by atoms with E-state index < -0.39 is 9.84 Å². The number of likely N-dealkylation sites (N-methyl/N-ethyl adjacent to an activating group) is 1. The summed E-state index contributed by atoms with van der Waals surface area (Å²) in [6, 6.07) is 0. The highest BCUT2D eigenvalue weighted by molar-refractivity contribution is 7.91. The van der Waals surface area contributed by atoms with Gasteiger partial charge in [0.1, 0.15) is 0 Å². The van der Waals surface area contributed by atoms with Gasteiger partial charge in [-0.3, -0.25) is 5.10 Å². The third-order valence-corrected chi connectivity index (χ3v) is 7.58. The highest BCUT2D eigenvalue weighted by atomic mass is 32.2. The molecule has 0 unspecified atom stereocenters. The van der Waals surface area contributed by atoms with Gasteiger partial charge in [0, 0.05) is 39.5 Å². The molecule has 2 aromatic rings. The fourth-order valence-electron chi connectivity index (χ4n) is 3.79. The first kappa shape index (κ1) is 21.0. The summed E-state index contributed by atoms with van der Waals surface area (Å²) in [6.07, 6.45) is 10.5. The molecule has 0 radical (unpaired) electrons. The molecule has 2 aromatic heterocycles. The Balaban J connectivity index is 1.74. The van der Waals surface area contributed by atoms with E-state index in [0.29, 0.717) is 19.7 Å². The second-order valence-corrected chi connectivity index (χ2v) is 9.70. The lowest BCUT2D eigenvalue weighted by molar-refractivity contribution is 0.188. The van der Waals surface area contributed by atoms with Crippen molar-refractivity contribution in [2.75, 3.05) is 27.3 Å². The van der Waals surface area contributed by atoms with Gasteiger partial charge in [-0.2, -0.15) is 5.10 Å².